The summed E-state index contributed by atoms with van der Waals surface area (Å²) in [6.45, 7) is 8.69. The third-order valence-corrected chi connectivity index (χ3v) is 17.6. The zero-order chi connectivity index (χ0) is 58.4. The van der Waals surface area contributed by atoms with E-state index in [0.29, 0.717) is 50.0 Å². The number of hydrogen-bond acceptors (Lipinski definition) is 11. The molecule has 2 aliphatic heterocycles. The number of hydrogen-bond donors (Lipinski definition) is 3. The van der Waals surface area contributed by atoms with Crippen molar-refractivity contribution in [1.82, 2.24) is 49.1 Å². The molecule has 2 saturated heterocycles. The zero-order valence-corrected chi connectivity index (χ0v) is 49.7. The van der Waals surface area contributed by atoms with E-state index < -0.39 is 12.1 Å². The van der Waals surface area contributed by atoms with Gasteiger partial charge in [0, 0.05) is 98.6 Å². The number of pyridine rings is 2. The first-order valence-electron chi connectivity index (χ1n) is 29.8. The van der Waals surface area contributed by atoms with Crippen LogP contribution in [0.3, 0.4) is 0 Å². The number of aryl methyl sites for hydroxylation is 6. The number of rotatable bonds is 11. The van der Waals surface area contributed by atoms with E-state index in [9.17, 15) is 14.4 Å². The summed E-state index contributed by atoms with van der Waals surface area (Å²) in [7, 11) is 0. The highest BCUT2D eigenvalue weighted by Gasteiger charge is 2.42. The Morgan fingerprint density at radius 3 is 1.68 bits per heavy atom. The van der Waals surface area contributed by atoms with Crippen molar-refractivity contribution in [1.29, 1.82) is 0 Å². The molecule has 4 aromatic heterocycles. The molecule has 85 heavy (non-hydrogen) atoms. The topological polar surface area (TPSA) is 168 Å². The highest BCUT2D eigenvalue weighted by molar-refractivity contribution is 6.31. The van der Waals surface area contributed by atoms with Crippen LogP contribution in [-0.2, 0) is 53.1 Å². The van der Waals surface area contributed by atoms with Gasteiger partial charge in [0.15, 0.2) is 0 Å². The molecule has 16 nitrogen and oxygen atoms in total. The Morgan fingerprint density at radius 2 is 1.13 bits per heavy atom. The summed E-state index contributed by atoms with van der Waals surface area (Å²) in [6, 6.07) is 35.1. The third kappa shape index (κ3) is 13.7. The molecule has 8 aromatic rings. The molecule has 4 unspecified atom stereocenters. The first-order valence-corrected chi connectivity index (χ1v) is 30.6. The smallest absolute Gasteiger partial charge is 0.410 e. The lowest BCUT2D eigenvalue weighted by molar-refractivity contribution is -0.123. The van der Waals surface area contributed by atoms with Crippen LogP contribution in [0.2, 0.25) is 10.0 Å². The largest absolute Gasteiger partial charge is 0.446 e. The van der Waals surface area contributed by atoms with Gasteiger partial charge in [-0.05, 0) is 170 Å². The van der Waals surface area contributed by atoms with Crippen molar-refractivity contribution in [2.45, 2.75) is 115 Å². The number of nitrogens with zero attached hydrogens (tertiary/aromatic N) is 9. The Kier molecular flexibility index (Phi) is 17.8. The minimum Gasteiger partial charge on any atom is -0.446 e. The summed E-state index contributed by atoms with van der Waals surface area (Å²) >= 11 is 12.8. The summed E-state index contributed by atoms with van der Waals surface area (Å²) in [5.74, 6) is -0.270. The lowest BCUT2D eigenvalue weighted by Crippen LogP contribution is -2.60. The lowest BCUT2D eigenvalue weighted by Gasteiger charge is -2.43. The van der Waals surface area contributed by atoms with Gasteiger partial charge < -0.3 is 29.8 Å². The van der Waals surface area contributed by atoms with Crippen molar-refractivity contribution in [3.63, 3.8) is 0 Å². The van der Waals surface area contributed by atoms with E-state index in [1.54, 1.807) is 11.2 Å². The Morgan fingerprint density at radius 1 is 0.588 bits per heavy atom. The van der Waals surface area contributed by atoms with Crippen molar-refractivity contribution in [3.05, 3.63) is 224 Å². The van der Waals surface area contributed by atoms with Gasteiger partial charge in [-0.15, -0.1) is 0 Å². The average molecular weight is 1180 g/mol. The van der Waals surface area contributed by atoms with E-state index >= 15 is 0 Å². The van der Waals surface area contributed by atoms with E-state index in [0.717, 1.165) is 115 Å². The second-order valence-corrected chi connectivity index (χ2v) is 24.1. The fourth-order valence-corrected chi connectivity index (χ4v) is 13.4. The molecule has 438 valence electrons. The Bertz CT molecular complexity index is 3690. The minimum atomic E-state index is -0.758. The van der Waals surface area contributed by atoms with Gasteiger partial charge in [0.05, 0.1) is 53.6 Å². The standard InChI is InChI=1S/C37H41ClN6O3.C30H31ClN6O/c1-25-21-42(24-40-25)22-26-7-5-9-30(19-26)41-36(45)33-23-43(17-18-44(33)37(46)47-31-10-3-2-4-11-31)35-32-15-14-29(38)20-28(32)13-12-27-8-6-16-39-34(27)35;1-20-16-36(19-34-20)17-21-4-2-6-25(14-21)35-30(38)27-18-37(13-12-32-27)29-26-10-9-24(31)15-23(26)8-7-22-5-3-11-33-28(22)29/h5-9,14-16,19-21,24,31,33,35H,2-4,10-13,17-18,22-23H2,1H3,(H,41,45);2-6,9-11,14-16,19,27,29,32H,7-8,12-13,17-18H2,1H3,(H,35,38). The van der Waals surface area contributed by atoms with E-state index in [1.807, 2.05) is 121 Å². The van der Waals surface area contributed by atoms with Crippen LogP contribution < -0.4 is 16.0 Å². The molecule has 3 amide bonds. The molecule has 3 fully saturated rings. The molecular formula is C67H72Cl2N12O4. The fourth-order valence-electron chi connectivity index (χ4n) is 13.1. The predicted octanol–water partition coefficient (Wildman–Crippen LogP) is 11.0. The van der Waals surface area contributed by atoms with Crippen molar-refractivity contribution in [3.8, 4) is 0 Å². The third-order valence-electron chi connectivity index (χ3n) is 17.2. The van der Waals surface area contributed by atoms with E-state index in [1.165, 1.54) is 34.2 Å². The van der Waals surface area contributed by atoms with Crippen LogP contribution in [0.4, 0.5) is 16.2 Å². The quantitative estimate of drug-likeness (QED) is 0.113. The predicted molar refractivity (Wildman–Crippen MR) is 331 cm³/mol. The summed E-state index contributed by atoms with van der Waals surface area (Å²) in [6.07, 6.45) is 19.4. The zero-order valence-electron chi connectivity index (χ0n) is 48.2. The number of carbonyl (C=O) groups excluding carboxylic acids is 3. The number of piperazine rings is 2. The number of halogens is 2. The van der Waals surface area contributed by atoms with Crippen LogP contribution in [0, 0.1) is 13.8 Å². The number of anilines is 2. The van der Waals surface area contributed by atoms with Gasteiger partial charge in [-0.1, -0.05) is 78.2 Å². The Balaban J connectivity index is 0.000000171. The second-order valence-electron chi connectivity index (χ2n) is 23.2. The monoisotopic (exact) mass is 1180 g/mol. The number of ether oxygens (including phenoxy) is 1. The van der Waals surface area contributed by atoms with Crippen molar-refractivity contribution >= 4 is 52.5 Å². The number of carbonyl (C=O) groups is 3. The molecule has 0 spiro atoms. The van der Waals surface area contributed by atoms with E-state index in [4.69, 9.17) is 37.9 Å². The first kappa shape index (κ1) is 57.7. The van der Waals surface area contributed by atoms with Gasteiger partial charge >= 0.3 is 6.09 Å². The Hall–Kier alpha value is -7.73. The van der Waals surface area contributed by atoms with Crippen LogP contribution in [0.5, 0.6) is 0 Å². The maximum absolute atomic E-state index is 14.2. The van der Waals surface area contributed by atoms with Crippen molar-refractivity contribution in [2.24, 2.45) is 0 Å². The molecule has 5 aliphatic rings. The molecule has 6 heterocycles. The van der Waals surface area contributed by atoms with Gasteiger partial charge in [0.2, 0.25) is 11.8 Å². The van der Waals surface area contributed by atoms with Crippen LogP contribution in [0.1, 0.15) is 111 Å². The molecule has 3 aliphatic carbocycles. The van der Waals surface area contributed by atoms with Crippen LogP contribution in [-0.4, -0.2) is 119 Å². The summed E-state index contributed by atoms with van der Waals surface area (Å²) < 4.78 is 10.1. The van der Waals surface area contributed by atoms with Gasteiger partial charge in [-0.3, -0.25) is 34.3 Å². The number of amides is 3. The van der Waals surface area contributed by atoms with Gasteiger partial charge in [-0.25, -0.2) is 14.8 Å². The molecule has 3 N–H and O–H groups in total. The minimum absolute atomic E-state index is 0.0136. The van der Waals surface area contributed by atoms with E-state index in [-0.39, 0.29) is 36.0 Å². The number of benzene rings is 4. The number of fused-ring (bicyclic) bond motifs is 4. The van der Waals surface area contributed by atoms with Crippen LogP contribution in [0.25, 0.3) is 0 Å². The van der Waals surface area contributed by atoms with Crippen molar-refractivity contribution < 1.29 is 19.1 Å². The summed E-state index contributed by atoms with van der Waals surface area (Å²) in [5.41, 5.74) is 14.9. The maximum atomic E-state index is 14.2. The number of imidazole rings is 2. The fraction of sp³-hybridized carbons (Fsp3) is 0.358. The van der Waals surface area contributed by atoms with Gasteiger partial charge in [0.1, 0.15) is 12.1 Å². The first-order chi connectivity index (χ1) is 41.4. The maximum Gasteiger partial charge on any atom is 0.410 e. The molecule has 4 atom stereocenters. The van der Waals surface area contributed by atoms with Crippen molar-refractivity contribution in [2.75, 3.05) is 49.9 Å². The molecule has 0 bridgehead atoms. The second kappa shape index (κ2) is 26.3. The molecular weight excluding hydrogens is 1110 g/mol. The normalized spacial score (nSPS) is 19.8. The Labute approximate surface area is 507 Å². The highest BCUT2D eigenvalue weighted by Crippen LogP contribution is 2.40. The number of nitrogens with one attached hydrogen (secondary N) is 3. The lowest BCUT2D eigenvalue weighted by atomic mass is 9.95. The summed E-state index contributed by atoms with van der Waals surface area (Å²) in [5, 5.41) is 11.2. The average Bonchev–Trinajstić information content (AvgIpc) is 3.93. The van der Waals surface area contributed by atoms with Crippen LogP contribution in [0.15, 0.2) is 147 Å². The SMILES string of the molecule is Cc1cn(Cc2cccc(NC(=O)C3CN(C4c5ccc(Cl)cc5CCc5cccnc54)CCN3)c2)cn1.Cc1cn(Cc2cccc(NC(=O)C3CN(C4c5ccc(Cl)cc5CCc5cccnc54)CCN3C(=O)OC3CCCCC3)c2)cn1. The molecule has 18 heteroatoms. The van der Waals surface area contributed by atoms with Crippen LogP contribution >= 0.6 is 23.2 Å². The summed E-state index contributed by atoms with van der Waals surface area (Å²) in [4.78, 5) is 66.1. The molecule has 4 aromatic carbocycles. The van der Waals surface area contributed by atoms with E-state index in [2.05, 4.69) is 78.2 Å². The molecule has 0 radical (unpaired) electrons. The number of aromatic nitrogens is 6. The van der Waals surface area contributed by atoms with Gasteiger partial charge in [-0.2, -0.15) is 0 Å². The van der Waals surface area contributed by atoms with Gasteiger partial charge in [0.25, 0.3) is 0 Å². The highest BCUT2D eigenvalue weighted by atomic mass is 35.5. The molecule has 13 rings (SSSR count). The molecule has 1 saturated carbocycles.